The number of benzene rings is 1. The average Bonchev–Trinajstić information content (AvgIpc) is 2.77. The van der Waals surface area contributed by atoms with Gasteiger partial charge in [0.25, 0.3) is 0 Å². The lowest BCUT2D eigenvalue weighted by Crippen LogP contribution is -2.47. The van der Waals surface area contributed by atoms with Crippen LogP contribution in [0.2, 0.25) is 0 Å². The Kier molecular flexibility index (Phi) is 3.74. The van der Waals surface area contributed by atoms with Crippen molar-refractivity contribution in [2.45, 2.75) is 51.2 Å². The van der Waals surface area contributed by atoms with Crippen LogP contribution in [0.5, 0.6) is 5.75 Å². The number of rotatable bonds is 2. The molecule has 20 heavy (non-hydrogen) atoms. The van der Waals surface area contributed by atoms with E-state index >= 15 is 0 Å². The molecule has 1 aromatic rings. The molecular weight excluding hydrogens is 248 g/mol. The Balaban J connectivity index is 1.84. The van der Waals surface area contributed by atoms with Gasteiger partial charge in [0.2, 0.25) is 0 Å². The van der Waals surface area contributed by atoms with E-state index < -0.39 is 0 Å². The Morgan fingerprint density at radius 2 is 2.10 bits per heavy atom. The van der Waals surface area contributed by atoms with Crippen LogP contribution in [0.25, 0.3) is 0 Å². The SMILES string of the molecule is COc1ccc2c(c1)CCC(N1CC(C)CC1C)C2N. The van der Waals surface area contributed by atoms with Crippen LogP contribution in [0.4, 0.5) is 0 Å². The van der Waals surface area contributed by atoms with Crippen molar-refractivity contribution in [2.24, 2.45) is 11.7 Å². The third-order valence-corrected chi connectivity index (χ3v) is 5.09. The first kappa shape index (κ1) is 13.9. The third kappa shape index (κ3) is 2.33. The van der Waals surface area contributed by atoms with E-state index in [1.165, 1.54) is 30.5 Å². The predicted octanol–water partition coefficient (Wildman–Crippen LogP) is 2.74. The fourth-order valence-corrected chi connectivity index (χ4v) is 4.11. The molecule has 3 rings (SSSR count). The summed E-state index contributed by atoms with van der Waals surface area (Å²) in [6.07, 6.45) is 3.58. The lowest BCUT2D eigenvalue weighted by molar-refractivity contribution is 0.146. The molecule has 4 atom stereocenters. The first-order chi connectivity index (χ1) is 9.60. The number of methoxy groups -OCH3 is 1. The molecule has 110 valence electrons. The van der Waals surface area contributed by atoms with Crippen molar-refractivity contribution in [3.05, 3.63) is 29.3 Å². The van der Waals surface area contributed by atoms with Crippen molar-refractivity contribution >= 4 is 0 Å². The van der Waals surface area contributed by atoms with Crippen LogP contribution in [0.1, 0.15) is 43.9 Å². The molecule has 4 unspecified atom stereocenters. The molecule has 0 spiro atoms. The van der Waals surface area contributed by atoms with Crippen LogP contribution >= 0.6 is 0 Å². The summed E-state index contributed by atoms with van der Waals surface area (Å²) < 4.78 is 5.32. The van der Waals surface area contributed by atoms with Crippen molar-refractivity contribution in [2.75, 3.05) is 13.7 Å². The van der Waals surface area contributed by atoms with E-state index in [1.54, 1.807) is 7.11 Å². The first-order valence-corrected chi connectivity index (χ1v) is 7.78. The second kappa shape index (κ2) is 5.38. The van der Waals surface area contributed by atoms with E-state index in [-0.39, 0.29) is 6.04 Å². The zero-order valence-electron chi connectivity index (χ0n) is 12.8. The van der Waals surface area contributed by atoms with Crippen molar-refractivity contribution in [1.29, 1.82) is 0 Å². The van der Waals surface area contributed by atoms with E-state index in [0.29, 0.717) is 12.1 Å². The molecule has 1 aromatic carbocycles. The number of hydrogen-bond acceptors (Lipinski definition) is 3. The van der Waals surface area contributed by atoms with Crippen LogP contribution in [-0.4, -0.2) is 30.6 Å². The molecular formula is C17H26N2O. The molecule has 0 aromatic heterocycles. The molecule has 2 N–H and O–H groups in total. The highest BCUT2D eigenvalue weighted by molar-refractivity contribution is 5.40. The predicted molar refractivity (Wildman–Crippen MR) is 82.0 cm³/mol. The van der Waals surface area contributed by atoms with Gasteiger partial charge in [-0.2, -0.15) is 0 Å². The number of fused-ring (bicyclic) bond motifs is 1. The summed E-state index contributed by atoms with van der Waals surface area (Å²) in [6.45, 7) is 5.90. The summed E-state index contributed by atoms with van der Waals surface area (Å²) in [5.74, 6) is 1.74. The summed E-state index contributed by atoms with van der Waals surface area (Å²) in [6, 6.07) is 7.65. The number of likely N-dealkylation sites (tertiary alicyclic amines) is 1. The van der Waals surface area contributed by atoms with Gasteiger partial charge in [0.05, 0.1) is 7.11 Å². The molecule has 1 heterocycles. The van der Waals surface area contributed by atoms with Gasteiger partial charge in [-0.15, -0.1) is 0 Å². The standard InChI is InChI=1S/C17H26N2O/c1-11-8-12(2)19(10-11)16-7-4-13-9-14(20-3)5-6-15(13)17(16)18/h5-6,9,11-12,16-17H,4,7-8,10,18H2,1-3H3. The Morgan fingerprint density at radius 3 is 2.75 bits per heavy atom. The van der Waals surface area contributed by atoms with E-state index in [4.69, 9.17) is 10.5 Å². The summed E-state index contributed by atoms with van der Waals surface area (Å²) in [5.41, 5.74) is 9.27. The van der Waals surface area contributed by atoms with Gasteiger partial charge < -0.3 is 10.5 Å². The van der Waals surface area contributed by atoms with Gasteiger partial charge in [-0.05, 0) is 55.4 Å². The van der Waals surface area contributed by atoms with Crippen LogP contribution < -0.4 is 10.5 Å². The second-order valence-corrected chi connectivity index (χ2v) is 6.58. The minimum absolute atomic E-state index is 0.136. The fraction of sp³-hybridized carbons (Fsp3) is 0.647. The molecule has 0 saturated carbocycles. The quantitative estimate of drug-likeness (QED) is 0.901. The molecule has 3 heteroatoms. The van der Waals surface area contributed by atoms with E-state index in [2.05, 4.69) is 30.9 Å². The van der Waals surface area contributed by atoms with E-state index in [0.717, 1.165) is 18.1 Å². The molecule has 1 saturated heterocycles. The van der Waals surface area contributed by atoms with Gasteiger partial charge in [-0.1, -0.05) is 13.0 Å². The number of nitrogens with two attached hydrogens (primary N) is 1. The lowest BCUT2D eigenvalue weighted by Gasteiger charge is -2.39. The van der Waals surface area contributed by atoms with Crippen LogP contribution in [-0.2, 0) is 6.42 Å². The monoisotopic (exact) mass is 274 g/mol. The third-order valence-electron chi connectivity index (χ3n) is 5.09. The van der Waals surface area contributed by atoms with Gasteiger partial charge in [0.1, 0.15) is 5.75 Å². The summed E-state index contributed by atoms with van der Waals surface area (Å²) >= 11 is 0. The van der Waals surface area contributed by atoms with Gasteiger partial charge in [0.15, 0.2) is 0 Å². The van der Waals surface area contributed by atoms with Gasteiger partial charge in [0, 0.05) is 24.7 Å². The van der Waals surface area contributed by atoms with E-state index in [9.17, 15) is 0 Å². The molecule has 0 bridgehead atoms. The van der Waals surface area contributed by atoms with Crippen LogP contribution in [0.3, 0.4) is 0 Å². The average molecular weight is 274 g/mol. The summed E-state index contributed by atoms with van der Waals surface area (Å²) in [7, 11) is 1.72. The Hall–Kier alpha value is -1.06. The smallest absolute Gasteiger partial charge is 0.119 e. The number of aryl methyl sites for hydroxylation is 1. The van der Waals surface area contributed by atoms with E-state index in [1.807, 2.05) is 6.07 Å². The van der Waals surface area contributed by atoms with Crippen LogP contribution in [0, 0.1) is 5.92 Å². The zero-order chi connectivity index (χ0) is 14.3. The largest absolute Gasteiger partial charge is 0.497 e. The maximum absolute atomic E-state index is 6.59. The number of hydrogen-bond donors (Lipinski definition) is 1. The minimum Gasteiger partial charge on any atom is -0.497 e. The highest BCUT2D eigenvalue weighted by Gasteiger charge is 2.37. The summed E-state index contributed by atoms with van der Waals surface area (Å²) in [5, 5.41) is 0. The molecule has 1 aliphatic carbocycles. The Bertz CT molecular complexity index is 488. The Labute approximate surface area is 122 Å². The highest BCUT2D eigenvalue weighted by atomic mass is 16.5. The van der Waals surface area contributed by atoms with Gasteiger partial charge in [-0.3, -0.25) is 4.90 Å². The molecule has 1 fully saturated rings. The van der Waals surface area contributed by atoms with Crippen molar-refractivity contribution in [3.8, 4) is 5.75 Å². The second-order valence-electron chi connectivity index (χ2n) is 6.58. The first-order valence-electron chi connectivity index (χ1n) is 7.78. The maximum Gasteiger partial charge on any atom is 0.119 e. The lowest BCUT2D eigenvalue weighted by atomic mass is 9.83. The molecule has 1 aliphatic heterocycles. The molecule has 0 radical (unpaired) electrons. The Morgan fingerprint density at radius 1 is 1.30 bits per heavy atom. The van der Waals surface area contributed by atoms with Gasteiger partial charge >= 0.3 is 0 Å². The fourth-order valence-electron chi connectivity index (χ4n) is 4.11. The highest BCUT2D eigenvalue weighted by Crippen LogP contribution is 2.37. The molecule has 3 nitrogen and oxygen atoms in total. The number of nitrogens with zero attached hydrogens (tertiary/aromatic N) is 1. The minimum atomic E-state index is 0.136. The van der Waals surface area contributed by atoms with Crippen molar-refractivity contribution < 1.29 is 4.74 Å². The summed E-state index contributed by atoms with van der Waals surface area (Å²) in [4.78, 5) is 2.64. The zero-order valence-corrected chi connectivity index (χ0v) is 12.8. The maximum atomic E-state index is 6.59. The van der Waals surface area contributed by atoms with Crippen molar-refractivity contribution in [1.82, 2.24) is 4.90 Å². The molecule has 2 aliphatic rings. The topological polar surface area (TPSA) is 38.5 Å². The normalized spacial score (nSPS) is 34.0. The number of ether oxygens (including phenoxy) is 1. The van der Waals surface area contributed by atoms with Crippen molar-refractivity contribution in [3.63, 3.8) is 0 Å². The van der Waals surface area contributed by atoms with Crippen LogP contribution in [0.15, 0.2) is 18.2 Å². The van der Waals surface area contributed by atoms with Gasteiger partial charge in [-0.25, -0.2) is 0 Å². The molecule has 0 amide bonds.